The minimum atomic E-state index is -4.74. The molecule has 68 heavy (non-hydrogen) atoms. The molecule has 5 heterocycles. The number of ether oxygens (including phenoxy) is 4. The number of nitro groups is 1. The molecule has 2 atom stereocenters. The van der Waals surface area contributed by atoms with Crippen molar-refractivity contribution in [1.82, 2.24) is 24.5 Å². The molecule has 0 radical (unpaired) electrons. The van der Waals surface area contributed by atoms with Gasteiger partial charge in [0.15, 0.2) is 11.4 Å². The number of hydrogen-bond acceptors (Lipinski definition) is 14. The van der Waals surface area contributed by atoms with Crippen molar-refractivity contribution in [3.8, 4) is 17.2 Å². The monoisotopic (exact) mass is 968 g/mol. The molecule has 3 aromatic carbocycles. The summed E-state index contributed by atoms with van der Waals surface area (Å²) in [5.41, 5.74) is 4.92. The normalized spacial score (nSPS) is 19.7. The number of fused-ring (bicyclic) bond motifs is 2. The van der Waals surface area contributed by atoms with Crippen molar-refractivity contribution in [3.05, 3.63) is 111 Å². The number of piperazine rings is 1. The van der Waals surface area contributed by atoms with Gasteiger partial charge in [-0.05, 0) is 79.1 Å². The van der Waals surface area contributed by atoms with Gasteiger partial charge in [-0.1, -0.05) is 43.2 Å². The highest BCUT2D eigenvalue weighted by molar-refractivity contribution is 7.90. The number of nitro benzene ring substituents is 1. The summed E-state index contributed by atoms with van der Waals surface area (Å²) in [4.78, 5) is 51.3. The standard InChI is InChI=1S/C48H53ClN8O10S/c1-4-64-47(59)56-19-20-65-43(28-56)39-29-66-42-24-36(23-40(57(60)61)44(42)52-39)68(62,63)53-46(58)37-10-9-34(22-41(37)67-35-21-31-12-14-50-45(31)51-26-35)55-17-15-54(16-18-55)27-32-11-13-48(2,3)25-38(32)30-5-7-33(49)8-6-30/h5-10,12,14,21-24,26,39,43,52H,4,11,13,15-20,25,27-29H2,1-3H3,(H,50,51)(H,53,58). The number of carbonyl (C=O) groups excluding carboxylic acids is 2. The van der Waals surface area contributed by atoms with Gasteiger partial charge in [-0.2, -0.15) is 0 Å². The molecule has 3 aliphatic heterocycles. The topological polar surface area (TPSA) is 211 Å². The molecule has 2 saturated heterocycles. The van der Waals surface area contributed by atoms with Crippen molar-refractivity contribution in [1.29, 1.82) is 0 Å². The Labute approximate surface area is 398 Å². The van der Waals surface area contributed by atoms with E-state index in [4.69, 9.17) is 30.5 Å². The molecule has 2 aromatic heterocycles. The second-order valence-corrected chi connectivity index (χ2v) is 20.3. The van der Waals surface area contributed by atoms with Gasteiger partial charge in [0.25, 0.3) is 21.6 Å². The first-order valence-corrected chi connectivity index (χ1v) is 24.5. The first kappa shape index (κ1) is 46.7. The van der Waals surface area contributed by atoms with Crippen molar-refractivity contribution in [3.63, 3.8) is 0 Å². The van der Waals surface area contributed by atoms with Crippen LogP contribution < -0.4 is 24.4 Å². The van der Waals surface area contributed by atoms with Crippen LogP contribution in [-0.2, 0) is 19.5 Å². The molecule has 3 N–H and O–H groups in total. The lowest BCUT2D eigenvalue weighted by molar-refractivity contribution is -0.384. The molecule has 2 amide bonds. The van der Waals surface area contributed by atoms with Crippen LogP contribution in [0.5, 0.6) is 17.2 Å². The lowest BCUT2D eigenvalue weighted by atomic mass is 9.72. The number of nitrogens with zero attached hydrogens (tertiary/aromatic N) is 5. The van der Waals surface area contributed by atoms with Crippen LogP contribution in [0.3, 0.4) is 0 Å². The van der Waals surface area contributed by atoms with Gasteiger partial charge >= 0.3 is 6.09 Å². The number of H-pyrrole nitrogens is 1. The predicted molar refractivity (Wildman–Crippen MR) is 256 cm³/mol. The maximum absolute atomic E-state index is 14.1. The van der Waals surface area contributed by atoms with Crippen molar-refractivity contribution in [2.45, 2.75) is 57.1 Å². The number of rotatable bonds is 12. The van der Waals surface area contributed by atoms with Gasteiger partial charge in [0.1, 0.15) is 23.8 Å². The molecular weight excluding hydrogens is 916 g/mol. The van der Waals surface area contributed by atoms with Gasteiger partial charge in [0.2, 0.25) is 0 Å². The number of aromatic amines is 1. The summed E-state index contributed by atoms with van der Waals surface area (Å²) in [5, 5.41) is 17.0. The summed E-state index contributed by atoms with van der Waals surface area (Å²) in [6.45, 7) is 11.0. The maximum Gasteiger partial charge on any atom is 0.409 e. The number of nitrogens with one attached hydrogen (secondary N) is 3. The fourth-order valence-electron chi connectivity index (χ4n) is 9.26. The molecule has 2 unspecified atom stereocenters. The van der Waals surface area contributed by atoms with E-state index in [1.807, 2.05) is 18.2 Å². The molecule has 20 heteroatoms. The number of sulfonamides is 1. The highest BCUT2D eigenvalue weighted by Gasteiger charge is 2.38. The van der Waals surface area contributed by atoms with E-state index in [1.165, 1.54) is 33.9 Å². The van der Waals surface area contributed by atoms with Crippen molar-refractivity contribution in [2.75, 3.05) is 75.9 Å². The van der Waals surface area contributed by atoms with Crippen LogP contribution in [-0.4, -0.2) is 123 Å². The van der Waals surface area contributed by atoms with E-state index >= 15 is 0 Å². The van der Waals surface area contributed by atoms with Crippen LogP contribution in [0.25, 0.3) is 16.6 Å². The molecule has 4 aliphatic rings. The van der Waals surface area contributed by atoms with Crippen molar-refractivity contribution >= 4 is 67.3 Å². The number of benzene rings is 3. The Hall–Kier alpha value is -6.41. The fourth-order valence-corrected chi connectivity index (χ4v) is 10.4. The largest absolute Gasteiger partial charge is 0.489 e. The molecule has 2 fully saturated rings. The molecule has 0 spiro atoms. The van der Waals surface area contributed by atoms with Crippen LogP contribution in [0.4, 0.5) is 21.9 Å². The van der Waals surface area contributed by atoms with E-state index in [0.717, 1.165) is 62.1 Å². The van der Waals surface area contributed by atoms with Gasteiger partial charge in [-0.25, -0.2) is 22.9 Å². The maximum atomic E-state index is 14.1. The predicted octanol–water partition coefficient (Wildman–Crippen LogP) is 7.85. The Balaban J connectivity index is 0.933. The van der Waals surface area contributed by atoms with Crippen LogP contribution >= 0.6 is 11.6 Å². The number of carbonyl (C=O) groups is 2. The Kier molecular flexibility index (Phi) is 13.2. The third-order valence-electron chi connectivity index (χ3n) is 12.9. The lowest BCUT2D eigenvalue weighted by Gasteiger charge is -2.39. The average Bonchev–Trinajstić information content (AvgIpc) is 3.80. The molecule has 18 nitrogen and oxygen atoms in total. The van der Waals surface area contributed by atoms with Crippen molar-refractivity contribution < 1.29 is 41.9 Å². The number of halogens is 1. The summed E-state index contributed by atoms with van der Waals surface area (Å²) in [6, 6.07) is 18.0. The summed E-state index contributed by atoms with van der Waals surface area (Å²) in [7, 11) is -4.74. The number of aromatic nitrogens is 2. The first-order valence-electron chi connectivity index (χ1n) is 22.6. The Bertz CT molecular complexity index is 2880. The first-order chi connectivity index (χ1) is 32.6. The summed E-state index contributed by atoms with van der Waals surface area (Å²) < 4.78 is 53.3. The molecule has 0 bridgehead atoms. The second kappa shape index (κ2) is 19.3. The number of hydrogen-bond donors (Lipinski definition) is 3. The summed E-state index contributed by atoms with van der Waals surface area (Å²) in [6.07, 6.45) is 5.28. The zero-order valence-corrected chi connectivity index (χ0v) is 39.5. The zero-order valence-electron chi connectivity index (χ0n) is 38.0. The Morgan fingerprint density at radius 2 is 1.84 bits per heavy atom. The van der Waals surface area contributed by atoms with Gasteiger partial charge in [0, 0.05) is 79.8 Å². The third-order valence-corrected chi connectivity index (χ3v) is 14.5. The number of allylic oxidation sites excluding steroid dienone is 1. The highest BCUT2D eigenvalue weighted by atomic mass is 35.5. The molecule has 358 valence electrons. The Morgan fingerprint density at radius 1 is 1.04 bits per heavy atom. The van der Waals surface area contributed by atoms with E-state index in [0.29, 0.717) is 36.1 Å². The van der Waals surface area contributed by atoms with E-state index in [-0.39, 0.29) is 54.5 Å². The summed E-state index contributed by atoms with van der Waals surface area (Å²) in [5.74, 6) is -0.730. The van der Waals surface area contributed by atoms with Gasteiger partial charge in [-0.15, -0.1) is 0 Å². The molecule has 1 aliphatic carbocycles. The van der Waals surface area contributed by atoms with E-state index in [1.54, 1.807) is 31.3 Å². The van der Waals surface area contributed by atoms with Crippen LogP contribution in [0, 0.1) is 15.5 Å². The third kappa shape index (κ3) is 10.2. The lowest BCUT2D eigenvalue weighted by Crippen LogP contribution is -2.54. The quantitative estimate of drug-likeness (QED) is 0.0803. The van der Waals surface area contributed by atoms with Crippen LogP contribution in [0.1, 0.15) is 56.0 Å². The average molecular weight is 970 g/mol. The van der Waals surface area contributed by atoms with E-state index in [2.05, 4.69) is 55.8 Å². The molecule has 9 rings (SSSR count). The molecular formula is C48H53ClN8O10S. The number of amides is 2. The Morgan fingerprint density at radius 3 is 2.60 bits per heavy atom. The van der Waals surface area contributed by atoms with Gasteiger partial charge in [0.05, 0.1) is 53.5 Å². The summed E-state index contributed by atoms with van der Waals surface area (Å²) >= 11 is 6.25. The van der Waals surface area contributed by atoms with Crippen molar-refractivity contribution in [2.24, 2.45) is 5.41 Å². The number of anilines is 2. The van der Waals surface area contributed by atoms with Crippen LogP contribution in [0.15, 0.2) is 89.6 Å². The minimum absolute atomic E-state index is 0.0608. The van der Waals surface area contributed by atoms with E-state index < -0.39 is 49.7 Å². The zero-order chi connectivity index (χ0) is 47.7. The van der Waals surface area contributed by atoms with E-state index in [9.17, 15) is 28.1 Å². The minimum Gasteiger partial charge on any atom is -0.489 e. The number of pyridine rings is 1. The second-order valence-electron chi connectivity index (χ2n) is 18.2. The number of morpholine rings is 1. The SMILES string of the molecule is CCOC(=O)N1CCOC(C2COc3cc(S(=O)(=O)NC(=O)c4ccc(N5CCN(CC6=C(c7ccc(Cl)cc7)CC(C)(C)CC6)CC5)cc4Oc4cnc5[nH]ccc5c4)cc([N+](=O)[O-])c3N2)C1. The van der Waals surface area contributed by atoms with Gasteiger partial charge in [-0.3, -0.25) is 19.8 Å². The van der Waals surface area contributed by atoms with Gasteiger partial charge < -0.3 is 39.0 Å². The smallest absolute Gasteiger partial charge is 0.409 e. The molecule has 5 aromatic rings. The van der Waals surface area contributed by atoms with Crippen LogP contribution in [0.2, 0.25) is 5.02 Å². The molecule has 0 saturated carbocycles. The highest BCUT2D eigenvalue weighted by Crippen LogP contribution is 2.44. The fraction of sp³-hybridized carbons (Fsp3) is 0.396.